The maximum atomic E-state index is 5.00. The maximum absolute atomic E-state index is 5.00. The highest BCUT2D eigenvalue weighted by molar-refractivity contribution is 6.09. The van der Waals surface area contributed by atoms with E-state index in [1.54, 1.807) is 0 Å². The average Bonchev–Trinajstić information content (AvgIpc) is 2.73. The van der Waals surface area contributed by atoms with Gasteiger partial charge in [-0.15, -0.1) is 0 Å². The van der Waals surface area contributed by atoms with E-state index >= 15 is 0 Å². The molecule has 2 fully saturated rings. The van der Waals surface area contributed by atoms with Crippen molar-refractivity contribution in [1.29, 1.82) is 0 Å². The third-order valence-electron chi connectivity index (χ3n) is 5.30. The number of nitrogens with zero attached hydrogens (tertiary/aromatic N) is 2. The Morgan fingerprint density at radius 1 is 1.42 bits per heavy atom. The van der Waals surface area contributed by atoms with Crippen LogP contribution in [-0.2, 0) is 5.41 Å². The van der Waals surface area contributed by atoms with Gasteiger partial charge in [0.1, 0.15) is 0 Å². The molecule has 0 spiro atoms. The minimum Gasteiger partial charge on any atom is -0.298 e. The highest BCUT2D eigenvalue weighted by Crippen LogP contribution is 2.54. The molecule has 0 radical (unpaired) electrons. The number of benzene rings is 1. The summed E-state index contributed by atoms with van der Waals surface area (Å²) in [6.07, 6.45) is 3.47. The van der Waals surface area contributed by atoms with Gasteiger partial charge in [0.2, 0.25) is 0 Å². The van der Waals surface area contributed by atoms with E-state index in [4.69, 9.17) is 4.99 Å². The Kier molecular flexibility index (Phi) is 2.15. The largest absolute Gasteiger partial charge is 0.298 e. The molecule has 2 aliphatic heterocycles. The van der Waals surface area contributed by atoms with Crippen molar-refractivity contribution < 1.29 is 0 Å². The fraction of sp³-hybridized carbons (Fsp3) is 0.471. The number of allylic oxidation sites excluding steroid dienone is 1. The minimum absolute atomic E-state index is 0.0662. The van der Waals surface area contributed by atoms with Gasteiger partial charge in [0.05, 0.1) is 16.8 Å². The van der Waals surface area contributed by atoms with Crippen LogP contribution in [0.4, 0.5) is 5.69 Å². The van der Waals surface area contributed by atoms with Crippen molar-refractivity contribution in [3.8, 4) is 0 Å². The van der Waals surface area contributed by atoms with Gasteiger partial charge in [-0.3, -0.25) is 9.89 Å². The Hall–Kier alpha value is -1.41. The van der Waals surface area contributed by atoms with Crippen LogP contribution in [0.25, 0.3) is 0 Å². The van der Waals surface area contributed by atoms with Crippen molar-refractivity contribution in [2.45, 2.75) is 37.6 Å². The van der Waals surface area contributed by atoms with Crippen molar-refractivity contribution in [3.05, 3.63) is 41.5 Å². The van der Waals surface area contributed by atoms with Gasteiger partial charge in [0, 0.05) is 12.6 Å². The number of aliphatic imine (C=N–C) groups is 1. The molecule has 2 atom stereocenters. The van der Waals surface area contributed by atoms with Crippen molar-refractivity contribution in [2.75, 3.05) is 13.6 Å². The van der Waals surface area contributed by atoms with Gasteiger partial charge in [-0.2, -0.15) is 0 Å². The Labute approximate surface area is 114 Å². The van der Waals surface area contributed by atoms with Gasteiger partial charge in [0.25, 0.3) is 0 Å². The molecule has 2 heterocycles. The molecule has 2 heteroatoms. The normalized spacial score (nSPS) is 32.8. The zero-order valence-corrected chi connectivity index (χ0v) is 11.7. The molecule has 98 valence electrons. The molecule has 4 rings (SSSR count). The van der Waals surface area contributed by atoms with Crippen LogP contribution in [0, 0.1) is 6.92 Å². The van der Waals surface area contributed by atoms with E-state index in [0.717, 1.165) is 19.4 Å². The van der Waals surface area contributed by atoms with Crippen LogP contribution in [0.3, 0.4) is 0 Å². The van der Waals surface area contributed by atoms with E-state index in [9.17, 15) is 0 Å². The van der Waals surface area contributed by atoms with Crippen molar-refractivity contribution in [2.24, 2.45) is 4.99 Å². The molecule has 0 amide bonds. The maximum Gasteiger partial charge on any atom is 0.0675 e. The number of likely N-dealkylation sites (tertiary alicyclic amines) is 1. The zero-order valence-electron chi connectivity index (χ0n) is 11.7. The quantitative estimate of drug-likeness (QED) is 0.646. The van der Waals surface area contributed by atoms with Crippen LogP contribution < -0.4 is 0 Å². The van der Waals surface area contributed by atoms with E-state index in [1.165, 1.54) is 34.5 Å². The fourth-order valence-electron chi connectivity index (χ4n) is 4.21. The highest BCUT2D eigenvalue weighted by Gasteiger charge is 2.53. The van der Waals surface area contributed by atoms with E-state index in [0.29, 0.717) is 6.04 Å². The molecule has 2 bridgehead atoms. The van der Waals surface area contributed by atoms with Crippen molar-refractivity contribution in [1.82, 2.24) is 4.90 Å². The molecule has 1 aromatic carbocycles. The first-order valence-corrected chi connectivity index (χ1v) is 7.21. The van der Waals surface area contributed by atoms with Gasteiger partial charge in [-0.1, -0.05) is 29.8 Å². The molecule has 19 heavy (non-hydrogen) atoms. The summed E-state index contributed by atoms with van der Waals surface area (Å²) in [5.41, 5.74) is 6.77. The molecular weight excluding hydrogens is 232 g/mol. The second kappa shape index (κ2) is 3.57. The van der Waals surface area contributed by atoms with E-state index in [2.05, 4.69) is 43.6 Å². The monoisotopic (exact) mass is 252 g/mol. The van der Waals surface area contributed by atoms with Gasteiger partial charge in [0.15, 0.2) is 0 Å². The van der Waals surface area contributed by atoms with Gasteiger partial charge in [-0.05, 0) is 44.9 Å². The summed E-state index contributed by atoms with van der Waals surface area (Å²) in [5, 5.41) is 0. The van der Waals surface area contributed by atoms with Crippen LogP contribution in [-0.4, -0.2) is 30.2 Å². The van der Waals surface area contributed by atoms with Gasteiger partial charge < -0.3 is 0 Å². The molecule has 0 N–H and O–H groups in total. The van der Waals surface area contributed by atoms with Gasteiger partial charge in [-0.25, -0.2) is 0 Å². The second-order valence-electron chi connectivity index (χ2n) is 6.31. The molecule has 0 aromatic heterocycles. The van der Waals surface area contributed by atoms with Crippen LogP contribution in [0.2, 0.25) is 0 Å². The Balaban J connectivity index is 1.98. The topological polar surface area (TPSA) is 15.6 Å². The number of piperidine rings is 1. The predicted molar refractivity (Wildman–Crippen MR) is 79.4 cm³/mol. The first kappa shape index (κ1) is 11.4. The first-order chi connectivity index (χ1) is 9.13. The average molecular weight is 252 g/mol. The lowest BCUT2D eigenvalue weighted by atomic mass is 9.60. The summed E-state index contributed by atoms with van der Waals surface area (Å²) in [4.78, 5) is 7.48. The van der Waals surface area contributed by atoms with Gasteiger partial charge >= 0.3 is 0 Å². The summed E-state index contributed by atoms with van der Waals surface area (Å²) in [6.45, 7) is 7.74. The summed E-state index contributed by atoms with van der Waals surface area (Å²) < 4.78 is 0. The molecule has 2 nitrogen and oxygen atoms in total. The highest BCUT2D eigenvalue weighted by atomic mass is 15.2. The molecule has 1 saturated carbocycles. The third-order valence-corrected chi connectivity index (χ3v) is 5.30. The Bertz CT molecular complexity index is 614. The molecule has 1 aliphatic carbocycles. The predicted octanol–water partition coefficient (Wildman–Crippen LogP) is 3.37. The van der Waals surface area contributed by atoms with E-state index in [1.807, 2.05) is 0 Å². The van der Waals surface area contributed by atoms with Crippen molar-refractivity contribution in [3.63, 3.8) is 0 Å². The molecule has 3 aliphatic rings. The SMILES string of the molecule is C=C1CCC2C3=Nc4ccc(C)cc4C13CCN2C. The molecule has 1 saturated heterocycles. The molecule has 1 aromatic rings. The van der Waals surface area contributed by atoms with E-state index < -0.39 is 0 Å². The van der Waals surface area contributed by atoms with Crippen LogP contribution in [0.15, 0.2) is 35.3 Å². The lowest BCUT2D eigenvalue weighted by molar-refractivity contribution is 0.217. The summed E-state index contributed by atoms with van der Waals surface area (Å²) in [6, 6.07) is 7.22. The Morgan fingerprint density at radius 3 is 3.11 bits per heavy atom. The Morgan fingerprint density at radius 2 is 2.26 bits per heavy atom. The number of hydrogen-bond acceptors (Lipinski definition) is 2. The number of rotatable bonds is 0. The number of aryl methyl sites for hydroxylation is 1. The smallest absolute Gasteiger partial charge is 0.0675 e. The van der Waals surface area contributed by atoms with Crippen LogP contribution in [0.5, 0.6) is 0 Å². The van der Waals surface area contributed by atoms with Crippen molar-refractivity contribution >= 4 is 11.4 Å². The minimum atomic E-state index is 0.0662. The zero-order chi connectivity index (χ0) is 13.2. The summed E-state index contributed by atoms with van der Waals surface area (Å²) in [5.74, 6) is 0. The summed E-state index contributed by atoms with van der Waals surface area (Å²) >= 11 is 0. The lowest BCUT2D eigenvalue weighted by Crippen LogP contribution is -2.57. The van der Waals surface area contributed by atoms with Crippen LogP contribution in [0.1, 0.15) is 30.4 Å². The lowest BCUT2D eigenvalue weighted by Gasteiger charge is -2.49. The number of fused-ring (bicyclic) bond motifs is 1. The van der Waals surface area contributed by atoms with Crippen LogP contribution >= 0.6 is 0 Å². The molecular formula is C17H20N2. The summed E-state index contributed by atoms with van der Waals surface area (Å²) in [7, 11) is 2.24. The second-order valence-corrected chi connectivity index (χ2v) is 6.31. The van der Waals surface area contributed by atoms with E-state index in [-0.39, 0.29) is 5.41 Å². The number of hydrogen-bond donors (Lipinski definition) is 0. The first-order valence-electron chi connectivity index (χ1n) is 7.21. The molecule has 2 unspecified atom stereocenters. The third kappa shape index (κ3) is 1.28. The fourth-order valence-corrected chi connectivity index (χ4v) is 4.21. The standard InChI is InChI=1S/C17H20N2/c1-11-4-6-14-13(10-11)17-8-9-19(3)15(16(17)18-14)7-5-12(17)2/h4,6,10,15H,2,5,7-9H2,1,3H3.